The van der Waals surface area contributed by atoms with Crippen LogP contribution in [0.15, 0.2) is 30.3 Å². The zero-order valence-electron chi connectivity index (χ0n) is 15.8. The van der Waals surface area contributed by atoms with Crippen LogP contribution in [0, 0.1) is 20.8 Å². The molecule has 5 nitrogen and oxygen atoms in total. The van der Waals surface area contributed by atoms with Gasteiger partial charge in [0.25, 0.3) is 0 Å². The second-order valence-electron chi connectivity index (χ2n) is 6.16. The second kappa shape index (κ2) is 9.67. The lowest BCUT2D eigenvalue weighted by atomic mass is 10.1. The first-order valence-corrected chi connectivity index (χ1v) is 9.93. The molecular formula is C20H23ClN2O3S. The van der Waals surface area contributed by atoms with Gasteiger partial charge in [0.15, 0.2) is 0 Å². The fourth-order valence-electron chi connectivity index (χ4n) is 2.54. The molecule has 0 bridgehead atoms. The number of hydrogen-bond donors (Lipinski definition) is 2. The molecule has 27 heavy (non-hydrogen) atoms. The summed E-state index contributed by atoms with van der Waals surface area (Å²) in [6, 6.07) is 9.27. The summed E-state index contributed by atoms with van der Waals surface area (Å²) in [5.41, 5.74) is 4.25. The van der Waals surface area contributed by atoms with Crippen LogP contribution in [0.5, 0.6) is 5.75 Å². The molecule has 0 saturated heterocycles. The number of nitrogens with one attached hydrogen (secondary N) is 2. The van der Waals surface area contributed by atoms with Crippen molar-refractivity contribution in [1.29, 1.82) is 0 Å². The number of halogens is 1. The monoisotopic (exact) mass is 406 g/mol. The maximum Gasteiger partial charge on any atom is 0.234 e. The highest BCUT2D eigenvalue weighted by atomic mass is 35.5. The number of para-hydroxylation sites is 1. The molecule has 144 valence electrons. The number of thioether (sulfide) groups is 1. The molecule has 0 spiro atoms. The molecule has 0 aromatic heterocycles. The number of hydrogen-bond acceptors (Lipinski definition) is 4. The summed E-state index contributed by atoms with van der Waals surface area (Å²) in [6.07, 6.45) is 0. The Morgan fingerprint density at radius 3 is 2.19 bits per heavy atom. The summed E-state index contributed by atoms with van der Waals surface area (Å²) in [5.74, 6) is 0.505. The standard InChI is InChI=1S/C20H23ClN2O3S/c1-12-6-5-7-13(2)20(12)23-19(25)11-27-10-18(24)22-16-8-14(3)15(21)9-17(16)26-4/h5-9H,10-11H2,1-4H3,(H,22,24)(H,23,25). The van der Waals surface area contributed by atoms with Gasteiger partial charge in [0.1, 0.15) is 5.75 Å². The van der Waals surface area contributed by atoms with Crippen LogP contribution >= 0.6 is 23.4 Å². The number of rotatable bonds is 7. The van der Waals surface area contributed by atoms with Crippen LogP contribution < -0.4 is 15.4 Å². The van der Waals surface area contributed by atoms with E-state index in [9.17, 15) is 9.59 Å². The molecule has 2 N–H and O–H groups in total. The van der Waals surface area contributed by atoms with Crippen LogP contribution in [0.2, 0.25) is 5.02 Å². The average molecular weight is 407 g/mol. The molecule has 7 heteroatoms. The van der Waals surface area contributed by atoms with Gasteiger partial charge in [0.2, 0.25) is 11.8 Å². The van der Waals surface area contributed by atoms with E-state index in [1.165, 1.54) is 18.9 Å². The first-order valence-electron chi connectivity index (χ1n) is 8.39. The van der Waals surface area contributed by atoms with E-state index in [1.807, 2.05) is 39.0 Å². The number of ether oxygens (including phenoxy) is 1. The molecule has 2 rings (SSSR count). The van der Waals surface area contributed by atoms with Crippen molar-refractivity contribution in [3.63, 3.8) is 0 Å². The number of anilines is 2. The molecule has 0 unspecified atom stereocenters. The Balaban J connectivity index is 1.86. The van der Waals surface area contributed by atoms with E-state index < -0.39 is 0 Å². The van der Waals surface area contributed by atoms with Crippen molar-refractivity contribution in [2.45, 2.75) is 20.8 Å². The smallest absolute Gasteiger partial charge is 0.234 e. The number of carbonyl (C=O) groups excluding carboxylic acids is 2. The molecule has 2 amide bonds. The van der Waals surface area contributed by atoms with E-state index in [1.54, 1.807) is 12.1 Å². The number of benzene rings is 2. The van der Waals surface area contributed by atoms with E-state index in [-0.39, 0.29) is 23.3 Å². The summed E-state index contributed by atoms with van der Waals surface area (Å²) in [4.78, 5) is 24.3. The molecular weight excluding hydrogens is 384 g/mol. The van der Waals surface area contributed by atoms with Crippen LogP contribution in [-0.4, -0.2) is 30.4 Å². The van der Waals surface area contributed by atoms with Crippen LogP contribution in [0.3, 0.4) is 0 Å². The summed E-state index contributed by atoms with van der Waals surface area (Å²) < 4.78 is 5.24. The number of amides is 2. The molecule has 0 aliphatic heterocycles. The van der Waals surface area contributed by atoms with Gasteiger partial charge in [0.05, 0.1) is 24.3 Å². The Kier molecular flexibility index (Phi) is 7.56. The Morgan fingerprint density at radius 1 is 1.00 bits per heavy atom. The van der Waals surface area contributed by atoms with Crippen molar-refractivity contribution in [3.05, 3.63) is 52.0 Å². The van der Waals surface area contributed by atoms with Crippen LogP contribution in [0.25, 0.3) is 0 Å². The minimum Gasteiger partial charge on any atom is -0.495 e. The molecule has 0 radical (unpaired) electrons. The van der Waals surface area contributed by atoms with Crippen molar-refractivity contribution >= 4 is 46.6 Å². The lowest BCUT2D eigenvalue weighted by molar-refractivity contribution is -0.114. The molecule has 2 aromatic rings. The number of aryl methyl sites for hydroxylation is 3. The Labute approximate surface area is 168 Å². The van der Waals surface area contributed by atoms with Crippen LogP contribution in [0.4, 0.5) is 11.4 Å². The van der Waals surface area contributed by atoms with Gasteiger partial charge in [-0.2, -0.15) is 0 Å². The molecule has 0 fully saturated rings. The molecule has 0 atom stereocenters. The Morgan fingerprint density at radius 2 is 1.59 bits per heavy atom. The fourth-order valence-corrected chi connectivity index (χ4v) is 3.31. The van der Waals surface area contributed by atoms with Gasteiger partial charge < -0.3 is 15.4 Å². The average Bonchev–Trinajstić information content (AvgIpc) is 2.61. The van der Waals surface area contributed by atoms with Gasteiger partial charge in [-0.3, -0.25) is 9.59 Å². The third-order valence-electron chi connectivity index (χ3n) is 3.97. The predicted molar refractivity (Wildman–Crippen MR) is 113 cm³/mol. The summed E-state index contributed by atoms with van der Waals surface area (Å²) in [7, 11) is 1.52. The van der Waals surface area contributed by atoms with Gasteiger partial charge >= 0.3 is 0 Å². The van der Waals surface area contributed by atoms with Crippen LogP contribution in [0.1, 0.15) is 16.7 Å². The maximum absolute atomic E-state index is 12.2. The zero-order chi connectivity index (χ0) is 20.0. The predicted octanol–water partition coefficient (Wildman–Crippen LogP) is 4.58. The van der Waals surface area contributed by atoms with Crippen molar-refractivity contribution in [2.24, 2.45) is 0 Å². The maximum atomic E-state index is 12.2. The summed E-state index contributed by atoms with van der Waals surface area (Å²) in [5, 5.41) is 6.28. The van der Waals surface area contributed by atoms with E-state index in [2.05, 4.69) is 10.6 Å². The van der Waals surface area contributed by atoms with Gasteiger partial charge in [-0.15, -0.1) is 11.8 Å². The Hall–Kier alpha value is -2.18. The highest BCUT2D eigenvalue weighted by Crippen LogP contribution is 2.31. The third kappa shape index (κ3) is 5.91. The minimum atomic E-state index is -0.208. The Bertz CT molecular complexity index is 835. The summed E-state index contributed by atoms with van der Waals surface area (Å²) >= 11 is 7.32. The van der Waals surface area contributed by atoms with E-state index >= 15 is 0 Å². The topological polar surface area (TPSA) is 67.4 Å². The van der Waals surface area contributed by atoms with Crippen molar-refractivity contribution in [2.75, 3.05) is 29.2 Å². The molecule has 0 saturated carbocycles. The van der Waals surface area contributed by atoms with Gasteiger partial charge in [-0.1, -0.05) is 29.8 Å². The lowest BCUT2D eigenvalue weighted by Crippen LogP contribution is -2.19. The van der Waals surface area contributed by atoms with E-state index in [4.69, 9.17) is 16.3 Å². The molecule has 0 aliphatic carbocycles. The van der Waals surface area contributed by atoms with Crippen LogP contribution in [-0.2, 0) is 9.59 Å². The highest BCUT2D eigenvalue weighted by molar-refractivity contribution is 8.00. The fraction of sp³-hybridized carbons (Fsp3) is 0.300. The van der Waals surface area contributed by atoms with Gasteiger partial charge in [0, 0.05) is 16.8 Å². The second-order valence-corrected chi connectivity index (χ2v) is 7.55. The highest BCUT2D eigenvalue weighted by Gasteiger charge is 2.12. The zero-order valence-corrected chi connectivity index (χ0v) is 17.4. The first kappa shape index (κ1) is 21.1. The quantitative estimate of drug-likeness (QED) is 0.706. The van der Waals surface area contributed by atoms with E-state index in [0.717, 1.165) is 22.4 Å². The lowest BCUT2D eigenvalue weighted by Gasteiger charge is -2.13. The van der Waals surface area contributed by atoms with Crippen molar-refractivity contribution < 1.29 is 14.3 Å². The normalized spacial score (nSPS) is 10.4. The van der Waals surface area contributed by atoms with Gasteiger partial charge in [-0.25, -0.2) is 0 Å². The SMILES string of the molecule is COc1cc(Cl)c(C)cc1NC(=O)CSCC(=O)Nc1c(C)cccc1C. The minimum absolute atomic E-state index is 0.134. The van der Waals surface area contributed by atoms with E-state index in [0.29, 0.717) is 16.5 Å². The number of carbonyl (C=O) groups is 2. The van der Waals surface area contributed by atoms with Crippen molar-refractivity contribution in [3.8, 4) is 5.75 Å². The molecule has 0 aliphatic rings. The largest absolute Gasteiger partial charge is 0.495 e. The third-order valence-corrected chi connectivity index (χ3v) is 5.31. The van der Waals surface area contributed by atoms with Crippen molar-refractivity contribution in [1.82, 2.24) is 0 Å². The molecule has 2 aromatic carbocycles. The first-order chi connectivity index (χ1) is 12.8. The van der Waals surface area contributed by atoms with Gasteiger partial charge in [-0.05, 0) is 43.5 Å². The number of methoxy groups -OCH3 is 1. The summed E-state index contributed by atoms with van der Waals surface area (Å²) in [6.45, 7) is 5.75. The molecule has 0 heterocycles.